The molecule has 2 rings (SSSR count). The van der Waals surface area contributed by atoms with Crippen LogP contribution in [0.2, 0.25) is 0 Å². The first kappa shape index (κ1) is 6.66. The van der Waals surface area contributed by atoms with Gasteiger partial charge in [-0.15, -0.1) is 0 Å². The number of hydrogen-bond acceptors (Lipinski definition) is 1. The molecule has 0 heterocycles. The van der Waals surface area contributed by atoms with Crippen LogP contribution in [0.4, 0.5) is 0 Å². The Balaban J connectivity index is 2.21. The van der Waals surface area contributed by atoms with Gasteiger partial charge in [0.05, 0.1) is 6.10 Å². The Morgan fingerprint density at radius 2 is 2.10 bits per heavy atom. The molecular formula is C9H16O. The van der Waals surface area contributed by atoms with Crippen molar-refractivity contribution in [1.82, 2.24) is 0 Å². The molecule has 58 valence electrons. The molecule has 0 aromatic rings. The third-order valence-corrected chi connectivity index (χ3v) is 3.57. The molecule has 1 heteroatoms. The summed E-state index contributed by atoms with van der Waals surface area (Å²) in [6.45, 7) is 2.25. The monoisotopic (exact) mass is 140 g/mol. The van der Waals surface area contributed by atoms with Crippen LogP contribution < -0.4 is 0 Å². The first-order valence-electron chi connectivity index (χ1n) is 4.40. The van der Waals surface area contributed by atoms with E-state index in [2.05, 4.69) is 6.92 Å². The van der Waals surface area contributed by atoms with Crippen molar-refractivity contribution >= 4 is 0 Å². The fraction of sp³-hybridized carbons (Fsp3) is 1.00. The molecule has 0 spiro atoms. The highest BCUT2D eigenvalue weighted by atomic mass is 16.3. The average Bonchev–Trinajstić information content (AvgIpc) is 2.18. The minimum atomic E-state index is 0.0289. The van der Waals surface area contributed by atoms with Gasteiger partial charge in [-0.05, 0) is 37.0 Å². The maximum absolute atomic E-state index is 9.77. The predicted molar refractivity (Wildman–Crippen MR) is 40.7 cm³/mol. The zero-order chi connectivity index (χ0) is 7.19. The summed E-state index contributed by atoms with van der Waals surface area (Å²) in [4.78, 5) is 0. The van der Waals surface area contributed by atoms with Gasteiger partial charge in [-0.1, -0.05) is 13.3 Å². The third kappa shape index (κ3) is 0.731. The van der Waals surface area contributed by atoms with Crippen LogP contribution in [0.5, 0.6) is 0 Å². The van der Waals surface area contributed by atoms with Gasteiger partial charge >= 0.3 is 0 Å². The Kier molecular flexibility index (Phi) is 1.31. The molecule has 2 saturated carbocycles. The van der Waals surface area contributed by atoms with Crippen molar-refractivity contribution in [3.8, 4) is 0 Å². The minimum absolute atomic E-state index is 0.0289. The van der Waals surface area contributed by atoms with Crippen LogP contribution in [0.1, 0.15) is 39.0 Å². The van der Waals surface area contributed by atoms with E-state index in [9.17, 15) is 5.11 Å². The van der Waals surface area contributed by atoms with E-state index < -0.39 is 0 Å². The molecular weight excluding hydrogens is 124 g/mol. The van der Waals surface area contributed by atoms with E-state index in [0.29, 0.717) is 11.3 Å². The molecule has 0 aromatic carbocycles. The summed E-state index contributed by atoms with van der Waals surface area (Å²) < 4.78 is 0. The lowest BCUT2D eigenvalue weighted by atomic mass is 9.75. The van der Waals surface area contributed by atoms with Gasteiger partial charge in [-0.3, -0.25) is 0 Å². The number of aliphatic hydroxyl groups is 1. The van der Waals surface area contributed by atoms with Gasteiger partial charge in [0.1, 0.15) is 0 Å². The van der Waals surface area contributed by atoms with Gasteiger partial charge in [0.25, 0.3) is 0 Å². The zero-order valence-electron chi connectivity index (χ0n) is 6.64. The van der Waals surface area contributed by atoms with E-state index in [0.717, 1.165) is 0 Å². The lowest BCUT2D eigenvalue weighted by molar-refractivity contribution is 0.00320. The topological polar surface area (TPSA) is 20.2 Å². The number of fused-ring (bicyclic) bond motifs is 2. The highest BCUT2D eigenvalue weighted by molar-refractivity contribution is 4.97. The Morgan fingerprint density at radius 1 is 1.30 bits per heavy atom. The normalized spacial score (nSPS) is 53.4. The molecule has 3 atom stereocenters. The summed E-state index contributed by atoms with van der Waals surface area (Å²) in [5.74, 6) is 0.652. The molecule has 10 heavy (non-hydrogen) atoms. The highest BCUT2D eigenvalue weighted by Crippen LogP contribution is 2.50. The Hall–Kier alpha value is -0.0400. The Bertz CT molecular complexity index is 140. The van der Waals surface area contributed by atoms with Crippen molar-refractivity contribution in [3.63, 3.8) is 0 Å². The van der Waals surface area contributed by atoms with Crippen molar-refractivity contribution < 1.29 is 5.11 Å². The molecule has 2 aliphatic carbocycles. The SMILES string of the molecule is C[C@@]12CCC[C@@H](CC1)[C@@H]2O. The molecule has 1 N–H and O–H groups in total. The van der Waals surface area contributed by atoms with E-state index >= 15 is 0 Å². The van der Waals surface area contributed by atoms with Crippen LogP contribution in [-0.2, 0) is 0 Å². The molecule has 0 unspecified atom stereocenters. The summed E-state index contributed by atoms with van der Waals surface area (Å²) in [5, 5.41) is 9.77. The standard InChI is InChI=1S/C9H16O/c1-9-5-2-3-7(4-6-9)8(9)10/h7-8,10H,2-6H2,1H3/t7-,8-,9+/m0/s1. The second-order valence-electron chi connectivity index (χ2n) is 4.29. The van der Waals surface area contributed by atoms with E-state index in [1.807, 2.05) is 0 Å². The van der Waals surface area contributed by atoms with Gasteiger partial charge in [0.15, 0.2) is 0 Å². The maximum Gasteiger partial charge on any atom is 0.0621 e. The fourth-order valence-electron chi connectivity index (χ4n) is 2.73. The smallest absolute Gasteiger partial charge is 0.0621 e. The molecule has 2 aliphatic rings. The molecule has 2 bridgehead atoms. The zero-order valence-corrected chi connectivity index (χ0v) is 6.64. The lowest BCUT2D eigenvalue weighted by Crippen LogP contribution is -2.34. The first-order valence-corrected chi connectivity index (χ1v) is 4.40. The van der Waals surface area contributed by atoms with Crippen molar-refractivity contribution in [3.05, 3.63) is 0 Å². The summed E-state index contributed by atoms with van der Waals surface area (Å²) in [6.07, 6.45) is 6.44. The van der Waals surface area contributed by atoms with Crippen LogP contribution in [0.25, 0.3) is 0 Å². The molecule has 2 fully saturated rings. The summed E-state index contributed by atoms with van der Waals surface area (Å²) in [6, 6.07) is 0. The van der Waals surface area contributed by atoms with Crippen molar-refractivity contribution in [2.75, 3.05) is 0 Å². The first-order chi connectivity index (χ1) is 4.72. The van der Waals surface area contributed by atoms with Gasteiger partial charge in [0.2, 0.25) is 0 Å². The van der Waals surface area contributed by atoms with E-state index in [1.165, 1.54) is 32.1 Å². The van der Waals surface area contributed by atoms with Crippen molar-refractivity contribution in [2.45, 2.75) is 45.1 Å². The van der Waals surface area contributed by atoms with Gasteiger partial charge < -0.3 is 5.11 Å². The fourth-order valence-corrected chi connectivity index (χ4v) is 2.73. The van der Waals surface area contributed by atoms with Crippen LogP contribution in [0.3, 0.4) is 0 Å². The van der Waals surface area contributed by atoms with Crippen LogP contribution in [-0.4, -0.2) is 11.2 Å². The number of aliphatic hydroxyl groups excluding tert-OH is 1. The molecule has 1 nitrogen and oxygen atoms in total. The summed E-state index contributed by atoms with van der Waals surface area (Å²) >= 11 is 0. The third-order valence-electron chi connectivity index (χ3n) is 3.57. The summed E-state index contributed by atoms with van der Waals surface area (Å²) in [7, 11) is 0. The predicted octanol–water partition coefficient (Wildman–Crippen LogP) is 1.95. The second kappa shape index (κ2) is 1.97. The molecule has 0 amide bonds. The van der Waals surface area contributed by atoms with E-state index in [-0.39, 0.29) is 6.10 Å². The second-order valence-corrected chi connectivity index (χ2v) is 4.29. The van der Waals surface area contributed by atoms with Gasteiger partial charge in [-0.2, -0.15) is 0 Å². The molecule has 0 radical (unpaired) electrons. The Morgan fingerprint density at radius 3 is 2.70 bits per heavy atom. The maximum atomic E-state index is 9.77. The average molecular weight is 140 g/mol. The van der Waals surface area contributed by atoms with Gasteiger partial charge in [-0.25, -0.2) is 0 Å². The van der Waals surface area contributed by atoms with Crippen LogP contribution in [0.15, 0.2) is 0 Å². The quantitative estimate of drug-likeness (QED) is 0.545. The largest absolute Gasteiger partial charge is 0.392 e. The van der Waals surface area contributed by atoms with Gasteiger partial charge in [0, 0.05) is 0 Å². The van der Waals surface area contributed by atoms with Crippen LogP contribution >= 0.6 is 0 Å². The van der Waals surface area contributed by atoms with Crippen molar-refractivity contribution in [1.29, 1.82) is 0 Å². The minimum Gasteiger partial charge on any atom is -0.392 e. The van der Waals surface area contributed by atoms with Crippen molar-refractivity contribution in [2.24, 2.45) is 11.3 Å². The van der Waals surface area contributed by atoms with E-state index in [1.54, 1.807) is 0 Å². The highest BCUT2D eigenvalue weighted by Gasteiger charge is 2.46. The number of hydrogen-bond donors (Lipinski definition) is 1. The molecule has 0 saturated heterocycles. The molecule has 0 aliphatic heterocycles. The summed E-state index contributed by atoms with van der Waals surface area (Å²) in [5.41, 5.74) is 0.308. The lowest BCUT2D eigenvalue weighted by Gasteiger charge is -2.34. The van der Waals surface area contributed by atoms with Crippen LogP contribution in [0, 0.1) is 11.3 Å². The number of rotatable bonds is 0. The molecule has 0 aromatic heterocycles. The Labute approximate surface area is 62.4 Å². The van der Waals surface area contributed by atoms with E-state index in [4.69, 9.17) is 0 Å².